The predicted molar refractivity (Wildman–Crippen MR) is 260 cm³/mol. The number of nitrogens with zero attached hydrogens (tertiary/aromatic N) is 3. The van der Waals surface area contributed by atoms with Crippen molar-refractivity contribution in [2.75, 3.05) is 0 Å². The van der Waals surface area contributed by atoms with Crippen molar-refractivity contribution < 1.29 is 0 Å². The summed E-state index contributed by atoms with van der Waals surface area (Å²) in [6.45, 7) is 4.73. The zero-order valence-corrected chi connectivity index (χ0v) is 34.4. The van der Waals surface area contributed by atoms with Crippen LogP contribution in [0, 0.1) is 0 Å². The quantitative estimate of drug-likeness (QED) is 0.178. The van der Waals surface area contributed by atoms with Gasteiger partial charge in [-0.25, -0.2) is 9.97 Å². The minimum atomic E-state index is -0.116. The van der Waals surface area contributed by atoms with Crippen LogP contribution in [0.3, 0.4) is 0 Å². The number of hydrogen-bond acceptors (Lipinski definition) is 2. The maximum absolute atomic E-state index is 5.57. The Kier molecular flexibility index (Phi) is 7.36. The molecule has 0 bridgehead atoms. The Morgan fingerprint density at radius 3 is 1.81 bits per heavy atom. The van der Waals surface area contributed by atoms with E-state index >= 15 is 0 Å². The maximum Gasteiger partial charge on any atom is 0.235 e. The van der Waals surface area contributed by atoms with Crippen molar-refractivity contribution in [3.05, 3.63) is 211 Å². The van der Waals surface area contributed by atoms with Gasteiger partial charge in [0.25, 0.3) is 0 Å². The molecule has 0 spiro atoms. The zero-order valence-electron chi connectivity index (χ0n) is 34.4. The summed E-state index contributed by atoms with van der Waals surface area (Å²) >= 11 is 0. The highest BCUT2D eigenvalue weighted by atomic mass is 15.2. The first kappa shape index (κ1) is 34.9. The Bertz CT molecular complexity index is 3830. The molecule has 12 aromatic rings. The molecule has 290 valence electrons. The number of fused-ring (bicyclic) bond motifs is 12. The van der Waals surface area contributed by atoms with E-state index in [1.165, 1.54) is 82.0 Å². The standard InChI is InChI=1S/C59H39N3/c1-59(2)50-32-30-41(35-49(50)54-44-18-7-4-14-37(44)29-33-51(54)59)46-22-12-23-48-55-45-19-8-5-15-38(45)31-34-53(55)62(57(46)48)58-60-52-24-10-9-20-47(52)56(61-58)40-27-25-39(26-28-40)43-21-11-16-36-13-3-6-17-42(36)43/h3-35H,1-2H3. The summed E-state index contributed by atoms with van der Waals surface area (Å²) in [6.07, 6.45) is 0. The van der Waals surface area contributed by atoms with Crippen LogP contribution < -0.4 is 0 Å². The Balaban J connectivity index is 1.06. The van der Waals surface area contributed by atoms with Gasteiger partial charge in [-0.05, 0) is 89.5 Å². The molecule has 0 fully saturated rings. The van der Waals surface area contributed by atoms with Crippen LogP contribution in [0.25, 0.3) is 116 Å². The SMILES string of the molecule is CC1(C)c2ccc(-c3cccc4c5c6ccccc6ccc5n(-c5nc(-c6ccc(-c7cccc8ccccc78)cc6)c6ccccc6n5)c34)cc2-c2c1ccc1ccccc21. The summed E-state index contributed by atoms with van der Waals surface area (Å²) in [5.74, 6) is 0.651. The van der Waals surface area contributed by atoms with E-state index in [4.69, 9.17) is 9.97 Å². The third kappa shape index (κ3) is 5.00. The lowest BCUT2D eigenvalue weighted by Gasteiger charge is -2.21. The van der Waals surface area contributed by atoms with Crippen molar-refractivity contribution in [1.82, 2.24) is 14.5 Å². The summed E-state index contributed by atoms with van der Waals surface area (Å²) in [7, 11) is 0. The van der Waals surface area contributed by atoms with Crippen LogP contribution in [-0.4, -0.2) is 14.5 Å². The molecule has 2 aromatic heterocycles. The van der Waals surface area contributed by atoms with E-state index in [9.17, 15) is 0 Å². The average Bonchev–Trinajstić information content (AvgIpc) is 3.79. The van der Waals surface area contributed by atoms with Crippen LogP contribution in [-0.2, 0) is 5.41 Å². The summed E-state index contributed by atoms with van der Waals surface area (Å²) in [6, 6.07) is 73.0. The molecule has 0 aliphatic heterocycles. The first-order valence-electron chi connectivity index (χ1n) is 21.5. The van der Waals surface area contributed by atoms with Gasteiger partial charge in [0, 0.05) is 32.7 Å². The summed E-state index contributed by atoms with van der Waals surface area (Å²) in [4.78, 5) is 11.0. The van der Waals surface area contributed by atoms with E-state index < -0.39 is 0 Å². The Labute approximate surface area is 359 Å². The first-order valence-corrected chi connectivity index (χ1v) is 21.5. The van der Waals surface area contributed by atoms with Gasteiger partial charge >= 0.3 is 0 Å². The van der Waals surface area contributed by atoms with Crippen molar-refractivity contribution in [1.29, 1.82) is 0 Å². The fraction of sp³-hybridized carbons (Fsp3) is 0.0508. The molecule has 0 atom stereocenters. The minimum Gasteiger partial charge on any atom is -0.277 e. The smallest absolute Gasteiger partial charge is 0.235 e. The van der Waals surface area contributed by atoms with E-state index in [0.717, 1.165) is 38.8 Å². The summed E-state index contributed by atoms with van der Waals surface area (Å²) in [5.41, 5.74) is 15.0. The molecule has 0 saturated carbocycles. The van der Waals surface area contributed by atoms with E-state index in [0.29, 0.717) is 5.95 Å². The molecule has 1 aliphatic carbocycles. The van der Waals surface area contributed by atoms with Gasteiger partial charge in [0.15, 0.2) is 0 Å². The van der Waals surface area contributed by atoms with Crippen molar-refractivity contribution in [2.24, 2.45) is 0 Å². The van der Waals surface area contributed by atoms with Gasteiger partial charge < -0.3 is 0 Å². The van der Waals surface area contributed by atoms with E-state index in [1.54, 1.807) is 0 Å². The fourth-order valence-corrected chi connectivity index (χ4v) is 10.6. The fourth-order valence-electron chi connectivity index (χ4n) is 10.6. The average molecular weight is 790 g/mol. The predicted octanol–water partition coefficient (Wildman–Crippen LogP) is 15.5. The second-order valence-corrected chi connectivity index (χ2v) is 17.3. The zero-order chi connectivity index (χ0) is 41.1. The molecule has 0 saturated heterocycles. The van der Waals surface area contributed by atoms with Gasteiger partial charge in [-0.15, -0.1) is 0 Å². The lowest BCUT2D eigenvalue weighted by molar-refractivity contribution is 0.661. The van der Waals surface area contributed by atoms with E-state index in [1.807, 2.05) is 0 Å². The van der Waals surface area contributed by atoms with Crippen LogP contribution >= 0.6 is 0 Å². The van der Waals surface area contributed by atoms with E-state index in [-0.39, 0.29) is 5.41 Å². The number of para-hydroxylation sites is 2. The van der Waals surface area contributed by atoms with Crippen LogP contribution in [0.15, 0.2) is 200 Å². The highest BCUT2D eigenvalue weighted by molar-refractivity contribution is 6.23. The lowest BCUT2D eigenvalue weighted by Crippen LogP contribution is -2.14. The molecule has 0 amide bonds. The van der Waals surface area contributed by atoms with Crippen LogP contribution in [0.4, 0.5) is 0 Å². The molecule has 3 heteroatoms. The second kappa shape index (κ2) is 13.1. The van der Waals surface area contributed by atoms with Crippen molar-refractivity contribution in [2.45, 2.75) is 19.3 Å². The number of aromatic nitrogens is 3. The van der Waals surface area contributed by atoms with Gasteiger partial charge in [-0.1, -0.05) is 196 Å². The van der Waals surface area contributed by atoms with Gasteiger partial charge in [-0.2, -0.15) is 0 Å². The number of hydrogen-bond donors (Lipinski definition) is 0. The van der Waals surface area contributed by atoms with Gasteiger partial charge in [0.2, 0.25) is 5.95 Å². The van der Waals surface area contributed by atoms with Gasteiger partial charge in [0.05, 0.1) is 22.2 Å². The largest absolute Gasteiger partial charge is 0.277 e. The maximum atomic E-state index is 5.57. The molecular weight excluding hydrogens is 751 g/mol. The van der Waals surface area contributed by atoms with Crippen LogP contribution in [0.5, 0.6) is 0 Å². The molecule has 1 aliphatic rings. The molecule has 0 unspecified atom stereocenters. The molecule has 0 radical (unpaired) electrons. The second-order valence-electron chi connectivity index (χ2n) is 17.3. The highest BCUT2D eigenvalue weighted by Crippen LogP contribution is 2.53. The van der Waals surface area contributed by atoms with Crippen LogP contribution in [0.2, 0.25) is 0 Å². The van der Waals surface area contributed by atoms with Crippen LogP contribution in [0.1, 0.15) is 25.0 Å². The lowest BCUT2D eigenvalue weighted by atomic mass is 9.82. The van der Waals surface area contributed by atoms with Crippen molar-refractivity contribution in [3.8, 4) is 50.6 Å². The molecular formula is C59H39N3. The molecule has 3 nitrogen and oxygen atoms in total. The van der Waals surface area contributed by atoms with E-state index in [2.05, 4.69) is 219 Å². The summed E-state index contributed by atoms with van der Waals surface area (Å²) < 4.78 is 2.33. The minimum absolute atomic E-state index is 0.116. The summed E-state index contributed by atoms with van der Waals surface area (Å²) in [5, 5.41) is 10.9. The Morgan fingerprint density at radius 2 is 0.984 bits per heavy atom. The highest BCUT2D eigenvalue weighted by Gasteiger charge is 2.36. The number of rotatable bonds is 4. The Morgan fingerprint density at radius 1 is 0.403 bits per heavy atom. The topological polar surface area (TPSA) is 30.7 Å². The van der Waals surface area contributed by atoms with Gasteiger partial charge in [0.1, 0.15) is 0 Å². The monoisotopic (exact) mass is 789 g/mol. The normalized spacial score (nSPS) is 13.1. The molecule has 62 heavy (non-hydrogen) atoms. The number of benzene rings is 10. The Hall–Kier alpha value is -7.88. The molecule has 0 N–H and O–H groups in total. The van der Waals surface area contributed by atoms with Crippen molar-refractivity contribution in [3.63, 3.8) is 0 Å². The molecule has 13 rings (SSSR count). The first-order chi connectivity index (χ1) is 30.5. The third-order valence-corrected chi connectivity index (χ3v) is 13.6. The molecule has 10 aromatic carbocycles. The third-order valence-electron chi connectivity index (χ3n) is 13.6. The van der Waals surface area contributed by atoms with Gasteiger partial charge in [-0.3, -0.25) is 4.57 Å². The molecule has 2 heterocycles. The van der Waals surface area contributed by atoms with Crippen molar-refractivity contribution >= 4 is 65.0 Å².